The molecule has 84 valence electrons. The normalized spacial score (nSPS) is 24.0. The molecule has 0 aliphatic heterocycles. The van der Waals surface area contributed by atoms with E-state index in [2.05, 4.69) is 28.5 Å². The number of nitriles is 1. The molecule has 1 heterocycles. The van der Waals surface area contributed by atoms with Gasteiger partial charge in [-0.25, -0.2) is 0 Å². The van der Waals surface area contributed by atoms with E-state index in [1.165, 1.54) is 19.3 Å². The molecule has 0 aromatic carbocycles. The lowest BCUT2D eigenvalue weighted by atomic mass is 10.1. The lowest BCUT2D eigenvalue weighted by molar-refractivity contribution is 0.536. The summed E-state index contributed by atoms with van der Waals surface area (Å²) in [7, 11) is 0. The van der Waals surface area contributed by atoms with Crippen molar-refractivity contribution < 1.29 is 0 Å². The molecule has 1 N–H and O–H groups in total. The molecular weight excluding hydrogens is 200 g/mol. The van der Waals surface area contributed by atoms with Gasteiger partial charge < -0.3 is 5.32 Å². The average molecular weight is 216 g/mol. The van der Waals surface area contributed by atoms with Crippen LogP contribution in [0.3, 0.4) is 0 Å². The third-order valence-corrected chi connectivity index (χ3v) is 3.20. The zero-order valence-corrected chi connectivity index (χ0v) is 9.48. The van der Waals surface area contributed by atoms with Crippen LogP contribution in [0.15, 0.2) is 12.3 Å². The summed E-state index contributed by atoms with van der Waals surface area (Å²) in [5.74, 6) is 2.16. The second-order valence-corrected chi connectivity index (χ2v) is 4.57. The summed E-state index contributed by atoms with van der Waals surface area (Å²) in [6.07, 6.45) is 5.41. The lowest BCUT2D eigenvalue weighted by Gasteiger charge is -2.11. The zero-order chi connectivity index (χ0) is 11.4. The van der Waals surface area contributed by atoms with Gasteiger partial charge in [0.1, 0.15) is 6.07 Å². The van der Waals surface area contributed by atoms with E-state index in [0.717, 1.165) is 12.5 Å². The average Bonchev–Trinajstić information content (AvgIpc) is 2.73. The minimum Gasteiger partial charge on any atom is -0.367 e. The first kappa shape index (κ1) is 10.9. The Morgan fingerprint density at radius 3 is 3.12 bits per heavy atom. The molecule has 0 radical (unpaired) electrons. The molecule has 4 heteroatoms. The number of nitrogens with zero attached hydrogens (tertiary/aromatic N) is 3. The fraction of sp³-hybridized carbons (Fsp3) is 0.583. The third kappa shape index (κ3) is 2.48. The highest BCUT2D eigenvalue weighted by atomic mass is 15.2. The van der Waals surface area contributed by atoms with Crippen LogP contribution in [0.4, 0.5) is 5.82 Å². The van der Waals surface area contributed by atoms with Crippen molar-refractivity contribution in [3.63, 3.8) is 0 Å². The monoisotopic (exact) mass is 216 g/mol. The van der Waals surface area contributed by atoms with Crippen molar-refractivity contribution in [3.8, 4) is 6.07 Å². The molecule has 2 atom stereocenters. The van der Waals surface area contributed by atoms with Crippen molar-refractivity contribution in [2.24, 2.45) is 11.8 Å². The SMILES string of the molecule is CC1CCC(CNc2nnccc2C#N)C1. The Kier molecular flexibility index (Phi) is 3.35. The van der Waals surface area contributed by atoms with E-state index in [4.69, 9.17) is 5.26 Å². The summed E-state index contributed by atoms with van der Waals surface area (Å²) in [5, 5.41) is 19.9. The summed E-state index contributed by atoms with van der Waals surface area (Å²) in [6.45, 7) is 3.20. The Morgan fingerprint density at radius 2 is 2.44 bits per heavy atom. The number of aromatic nitrogens is 2. The van der Waals surface area contributed by atoms with Crippen molar-refractivity contribution in [2.45, 2.75) is 26.2 Å². The van der Waals surface area contributed by atoms with Crippen molar-refractivity contribution in [1.82, 2.24) is 10.2 Å². The number of hydrogen-bond donors (Lipinski definition) is 1. The molecule has 1 aromatic heterocycles. The zero-order valence-electron chi connectivity index (χ0n) is 9.48. The summed E-state index contributed by atoms with van der Waals surface area (Å²) >= 11 is 0. The van der Waals surface area contributed by atoms with Crippen molar-refractivity contribution >= 4 is 5.82 Å². The minimum absolute atomic E-state index is 0.570. The molecule has 0 saturated heterocycles. The van der Waals surface area contributed by atoms with E-state index < -0.39 is 0 Å². The maximum Gasteiger partial charge on any atom is 0.166 e. The van der Waals surface area contributed by atoms with Gasteiger partial charge >= 0.3 is 0 Å². The molecule has 1 fully saturated rings. The second kappa shape index (κ2) is 4.93. The smallest absolute Gasteiger partial charge is 0.166 e. The van der Waals surface area contributed by atoms with Crippen LogP contribution in [-0.4, -0.2) is 16.7 Å². The number of nitrogens with one attached hydrogen (secondary N) is 1. The van der Waals surface area contributed by atoms with Crippen molar-refractivity contribution in [3.05, 3.63) is 17.8 Å². The first-order valence-corrected chi connectivity index (χ1v) is 5.75. The summed E-state index contributed by atoms with van der Waals surface area (Å²) < 4.78 is 0. The molecule has 0 bridgehead atoms. The summed E-state index contributed by atoms with van der Waals surface area (Å²) in [5.41, 5.74) is 0.570. The van der Waals surface area contributed by atoms with Gasteiger partial charge in [0, 0.05) is 6.54 Å². The molecule has 1 aliphatic carbocycles. The van der Waals surface area contributed by atoms with E-state index >= 15 is 0 Å². The van der Waals surface area contributed by atoms with Crippen LogP contribution in [0.25, 0.3) is 0 Å². The van der Waals surface area contributed by atoms with E-state index in [-0.39, 0.29) is 0 Å². The van der Waals surface area contributed by atoms with Gasteiger partial charge in [-0.15, -0.1) is 5.10 Å². The van der Waals surface area contributed by atoms with Gasteiger partial charge in [-0.05, 0) is 30.7 Å². The van der Waals surface area contributed by atoms with Crippen LogP contribution < -0.4 is 5.32 Å². The fourth-order valence-electron chi connectivity index (χ4n) is 2.30. The van der Waals surface area contributed by atoms with Gasteiger partial charge in [0.25, 0.3) is 0 Å². The van der Waals surface area contributed by atoms with Crippen LogP contribution in [0.1, 0.15) is 31.7 Å². The Bertz CT molecular complexity index is 396. The molecule has 1 saturated carbocycles. The summed E-state index contributed by atoms with van der Waals surface area (Å²) in [6, 6.07) is 3.80. The Hall–Kier alpha value is -1.63. The van der Waals surface area contributed by atoms with Gasteiger partial charge in [0.2, 0.25) is 0 Å². The van der Waals surface area contributed by atoms with Crippen LogP contribution in [0.5, 0.6) is 0 Å². The van der Waals surface area contributed by atoms with Gasteiger partial charge in [0.15, 0.2) is 5.82 Å². The predicted molar refractivity (Wildman–Crippen MR) is 61.7 cm³/mol. The first-order valence-electron chi connectivity index (χ1n) is 5.75. The minimum atomic E-state index is 0.570. The largest absolute Gasteiger partial charge is 0.367 e. The topological polar surface area (TPSA) is 61.6 Å². The van der Waals surface area contributed by atoms with E-state index in [9.17, 15) is 0 Å². The molecule has 2 rings (SSSR count). The van der Waals surface area contributed by atoms with Crippen molar-refractivity contribution in [1.29, 1.82) is 5.26 Å². The van der Waals surface area contributed by atoms with Gasteiger partial charge in [0.05, 0.1) is 11.8 Å². The Morgan fingerprint density at radius 1 is 1.56 bits per heavy atom. The fourth-order valence-corrected chi connectivity index (χ4v) is 2.30. The molecule has 16 heavy (non-hydrogen) atoms. The van der Waals surface area contributed by atoms with Gasteiger partial charge in [-0.3, -0.25) is 0 Å². The molecule has 0 spiro atoms. The maximum absolute atomic E-state index is 8.89. The first-order chi connectivity index (χ1) is 7.79. The Balaban J connectivity index is 1.92. The number of hydrogen-bond acceptors (Lipinski definition) is 4. The molecule has 1 aromatic rings. The van der Waals surface area contributed by atoms with E-state index in [0.29, 0.717) is 17.3 Å². The Labute approximate surface area is 95.7 Å². The van der Waals surface area contributed by atoms with Gasteiger partial charge in [-0.2, -0.15) is 10.4 Å². The van der Waals surface area contributed by atoms with Crippen LogP contribution in [0, 0.1) is 23.2 Å². The van der Waals surface area contributed by atoms with E-state index in [1.54, 1.807) is 12.3 Å². The van der Waals surface area contributed by atoms with Crippen LogP contribution in [-0.2, 0) is 0 Å². The quantitative estimate of drug-likeness (QED) is 0.841. The van der Waals surface area contributed by atoms with Crippen LogP contribution >= 0.6 is 0 Å². The standard InChI is InChI=1S/C12H16N4/c1-9-2-3-10(6-9)8-14-12-11(7-13)4-5-15-16-12/h4-5,9-10H,2-3,6,8H2,1H3,(H,14,16). The highest BCUT2D eigenvalue weighted by Gasteiger charge is 2.21. The highest BCUT2D eigenvalue weighted by molar-refractivity contribution is 5.50. The third-order valence-electron chi connectivity index (χ3n) is 3.20. The summed E-state index contributed by atoms with van der Waals surface area (Å²) in [4.78, 5) is 0. The molecule has 0 amide bonds. The number of anilines is 1. The molecule has 4 nitrogen and oxygen atoms in total. The lowest BCUT2D eigenvalue weighted by Crippen LogP contribution is -2.13. The predicted octanol–water partition coefficient (Wildman–Crippen LogP) is 2.20. The van der Waals surface area contributed by atoms with Crippen LogP contribution in [0.2, 0.25) is 0 Å². The van der Waals surface area contributed by atoms with E-state index in [1.807, 2.05) is 0 Å². The maximum atomic E-state index is 8.89. The number of rotatable bonds is 3. The van der Waals surface area contributed by atoms with Gasteiger partial charge in [-0.1, -0.05) is 13.3 Å². The second-order valence-electron chi connectivity index (χ2n) is 4.57. The molecule has 2 unspecified atom stereocenters. The molecule has 1 aliphatic rings. The highest BCUT2D eigenvalue weighted by Crippen LogP contribution is 2.30. The molecular formula is C12H16N4. The van der Waals surface area contributed by atoms with Crippen molar-refractivity contribution in [2.75, 3.05) is 11.9 Å².